The molecule has 5 nitrogen and oxygen atoms in total. The first-order valence-corrected chi connectivity index (χ1v) is 6.61. The van der Waals surface area contributed by atoms with Gasteiger partial charge in [0.25, 0.3) is 5.91 Å². The summed E-state index contributed by atoms with van der Waals surface area (Å²) in [4.78, 5) is 11.7. The Bertz CT molecular complexity index is 419. The zero-order valence-electron chi connectivity index (χ0n) is 10.8. The van der Waals surface area contributed by atoms with Crippen molar-refractivity contribution in [1.29, 1.82) is 0 Å². The summed E-state index contributed by atoms with van der Waals surface area (Å²) in [6.45, 7) is -0.0485. The maximum atomic E-state index is 11.7. The van der Waals surface area contributed by atoms with Gasteiger partial charge in [0.15, 0.2) is 6.61 Å². The van der Waals surface area contributed by atoms with Crippen molar-refractivity contribution in [1.82, 2.24) is 5.32 Å². The molecule has 1 saturated carbocycles. The van der Waals surface area contributed by atoms with Crippen molar-refractivity contribution in [3.63, 3.8) is 0 Å². The molecule has 0 heterocycles. The highest BCUT2D eigenvalue weighted by Gasteiger charge is 2.24. The smallest absolute Gasteiger partial charge is 0.258 e. The van der Waals surface area contributed by atoms with Crippen LogP contribution in [0.25, 0.3) is 0 Å². The fourth-order valence-corrected chi connectivity index (χ4v) is 2.24. The molecule has 0 unspecified atom stereocenters. The molecule has 1 aromatic carbocycles. The zero-order valence-corrected chi connectivity index (χ0v) is 10.8. The third kappa shape index (κ3) is 4.13. The number of hydrogen-bond donors (Lipinski definition) is 3. The van der Waals surface area contributed by atoms with Gasteiger partial charge in [-0.2, -0.15) is 0 Å². The number of nitrogens with one attached hydrogen (secondary N) is 1. The first-order valence-electron chi connectivity index (χ1n) is 6.61. The molecule has 19 heavy (non-hydrogen) atoms. The average molecular weight is 264 g/mol. The number of carbonyl (C=O) groups excluding carboxylic acids is 1. The van der Waals surface area contributed by atoms with Crippen molar-refractivity contribution in [3.8, 4) is 5.75 Å². The summed E-state index contributed by atoms with van der Waals surface area (Å²) in [5, 5.41) is 12.6. The molecule has 0 bridgehead atoms. The van der Waals surface area contributed by atoms with E-state index < -0.39 is 6.10 Å². The second kappa shape index (κ2) is 6.43. The number of carbonyl (C=O) groups is 1. The average Bonchev–Trinajstić information content (AvgIpc) is 2.41. The fraction of sp³-hybridized carbons (Fsp3) is 0.500. The van der Waals surface area contributed by atoms with E-state index in [4.69, 9.17) is 10.5 Å². The highest BCUT2D eigenvalue weighted by molar-refractivity contribution is 5.77. The maximum Gasteiger partial charge on any atom is 0.258 e. The molecule has 2 atom stereocenters. The predicted molar refractivity (Wildman–Crippen MR) is 72.8 cm³/mol. The van der Waals surface area contributed by atoms with Crippen LogP contribution in [0.4, 0.5) is 5.69 Å². The SMILES string of the molecule is Nc1ccc(OCC(=O)N[C@H]2CCCC[C@@H]2O)cc1. The number of aliphatic hydroxyl groups is 1. The third-order valence-electron chi connectivity index (χ3n) is 3.33. The minimum absolute atomic E-state index is 0.0485. The summed E-state index contributed by atoms with van der Waals surface area (Å²) in [6, 6.07) is 6.74. The molecular weight excluding hydrogens is 244 g/mol. The lowest BCUT2D eigenvalue weighted by atomic mass is 9.92. The van der Waals surface area contributed by atoms with Crippen LogP contribution >= 0.6 is 0 Å². The molecule has 0 saturated heterocycles. The molecule has 0 aliphatic heterocycles. The molecule has 1 amide bonds. The Hall–Kier alpha value is -1.75. The van der Waals surface area contributed by atoms with Gasteiger partial charge in [0.1, 0.15) is 5.75 Å². The molecule has 1 aliphatic rings. The minimum atomic E-state index is -0.436. The molecule has 0 aromatic heterocycles. The van der Waals surface area contributed by atoms with Gasteiger partial charge in [-0.1, -0.05) is 12.8 Å². The van der Waals surface area contributed by atoms with Gasteiger partial charge in [0, 0.05) is 5.69 Å². The lowest BCUT2D eigenvalue weighted by molar-refractivity contribution is -0.125. The first-order chi connectivity index (χ1) is 9.15. The highest BCUT2D eigenvalue weighted by atomic mass is 16.5. The number of hydrogen-bond acceptors (Lipinski definition) is 4. The van der Waals surface area contributed by atoms with E-state index in [1.54, 1.807) is 24.3 Å². The lowest BCUT2D eigenvalue weighted by Gasteiger charge is -2.28. The largest absolute Gasteiger partial charge is 0.484 e. The summed E-state index contributed by atoms with van der Waals surface area (Å²) < 4.78 is 5.35. The van der Waals surface area contributed by atoms with Crippen LogP contribution in [0.3, 0.4) is 0 Å². The summed E-state index contributed by atoms with van der Waals surface area (Å²) in [5.74, 6) is 0.399. The van der Waals surface area contributed by atoms with Crippen molar-refractivity contribution < 1.29 is 14.6 Å². The standard InChI is InChI=1S/C14H20N2O3/c15-10-5-7-11(8-6-10)19-9-14(18)16-12-3-1-2-4-13(12)17/h5-8,12-13,17H,1-4,9,15H2,(H,16,18)/t12-,13-/m0/s1. The van der Waals surface area contributed by atoms with Gasteiger partial charge in [0.2, 0.25) is 0 Å². The second-order valence-electron chi connectivity index (χ2n) is 4.88. The molecule has 0 spiro atoms. The molecule has 0 radical (unpaired) electrons. The third-order valence-corrected chi connectivity index (χ3v) is 3.33. The van der Waals surface area contributed by atoms with Gasteiger partial charge < -0.3 is 20.9 Å². The lowest BCUT2D eigenvalue weighted by Crippen LogP contribution is -2.46. The molecule has 5 heteroatoms. The van der Waals surface area contributed by atoms with Gasteiger partial charge in [0.05, 0.1) is 12.1 Å². The fourth-order valence-electron chi connectivity index (χ4n) is 2.24. The Labute approximate surface area is 112 Å². The van der Waals surface area contributed by atoms with Gasteiger partial charge in [-0.3, -0.25) is 4.79 Å². The van der Waals surface area contributed by atoms with E-state index in [1.807, 2.05) is 0 Å². The predicted octanol–water partition coefficient (Wildman–Crippen LogP) is 1.07. The van der Waals surface area contributed by atoms with Crippen LogP contribution in [-0.4, -0.2) is 29.8 Å². The van der Waals surface area contributed by atoms with Crippen LogP contribution in [0, 0.1) is 0 Å². The number of anilines is 1. The number of nitrogen functional groups attached to an aromatic ring is 1. The van der Waals surface area contributed by atoms with Crippen LogP contribution < -0.4 is 15.8 Å². The van der Waals surface area contributed by atoms with E-state index in [-0.39, 0.29) is 18.6 Å². The van der Waals surface area contributed by atoms with Gasteiger partial charge >= 0.3 is 0 Å². The molecule has 1 aliphatic carbocycles. The van der Waals surface area contributed by atoms with Crippen molar-refractivity contribution >= 4 is 11.6 Å². The van der Waals surface area contributed by atoms with E-state index in [2.05, 4.69) is 5.32 Å². The zero-order chi connectivity index (χ0) is 13.7. The maximum absolute atomic E-state index is 11.7. The number of aliphatic hydroxyl groups excluding tert-OH is 1. The topological polar surface area (TPSA) is 84.6 Å². The highest BCUT2D eigenvalue weighted by Crippen LogP contribution is 2.18. The number of amides is 1. The summed E-state index contributed by atoms with van der Waals surface area (Å²) >= 11 is 0. The molecule has 1 fully saturated rings. The Balaban J connectivity index is 1.76. The van der Waals surface area contributed by atoms with E-state index in [0.29, 0.717) is 11.4 Å². The van der Waals surface area contributed by atoms with Crippen LogP contribution in [0.2, 0.25) is 0 Å². The van der Waals surface area contributed by atoms with Crippen LogP contribution in [0.15, 0.2) is 24.3 Å². The number of benzene rings is 1. The van der Waals surface area contributed by atoms with Crippen molar-refractivity contribution in [2.45, 2.75) is 37.8 Å². The Morgan fingerprint density at radius 1 is 1.32 bits per heavy atom. The van der Waals surface area contributed by atoms with Crippen LogP contribution in [0.5, 0.6) is 5.75 Å². The molecule has 1 aromatic rings. The van der Waals surface area contributed by atoms with Gasteiger partial charge in [-0.25, -0.2) is 0 Å². The number of rotatable bonds is 4. The molecule has 4 N–H and O–H groups in total. The number of nitrogens with two attached hydrogens (primary N) is 1. The van der Waals surface area contributed by atoms with E-state index in [9.17, 15) is 9.90 Å². The Morgan fingerprint density at radius 2 is 2.00 bits per heavy atom. The summed E-state index contributed by atoms with van der Waals surface area (Å²) in [6.07, 6.45) is 3.21. The van der Waals surface area contributed by atoms with Gasteiger partial charge in [-0.15, -0.1) is 0 Å². The molecule has 2 rings (SSSR count). The molecule has 104 valence electrons. The van der Waals surface area contributed by atoms with Crippen molar-refractivity contribution in [2.75, 3.05) is 12.3 Å². The molecular formula is C14H20N2O3. The Morgan fingerprint density at radius 3 is 2.68 bits per heavy atom. The number of ether oxygens (including phenoxy) is 1. The Kier molecular flexibility index (Phi) is 4.63. The van der Waals surface area contributed by atoms with E-state index >= 15 is 0 Å². The minimum Gasteiger partial charge on any atom is -0.484 e. The van der Waals surface area contributed by atoms with Crippen LogP contribution in [0.1, 0.15) is 25.7 Å². The monoisotopic (exact) mass is 264 g/mol. The summed E-state index contributed by atoms with van der Waals surface area (Å²) in [5.41, 5.74) is 6.21. The first kappa shape index (κ1) is 13.7. The normalized spacial score (nSPS) is 22.8. The summed E-state index contributed by atoms with van der Waals surface area (Å²) in [7, 11) is 0. The quantitative estimate of drug-likeness (QED) is 0.710. The van der Waals surface area contributed by atoms with Crippen LogP contribution in [-0.2, 0) is 4.79 Å². The van der Waals surface area contributed by atoms with E-state index in [1.165, 1.54) is 0 Å². The second-order valence-corrected chi connectivity index (χ2v) is 4.88. The van der Waals surface area contributed by atoms with Gasteiger partial charge in [-0.05, 0) is 37.1 Å². The van der Waals surface area contributed by atoms with E-state index in [0.717, 1.165) is 25.7 Å². The van der Waals surface area contributed by atoms with Crippen molar-refractivity contribution in [2.24, 2.45) is 0 Å². The van der Waals surface area contributed by atoms with Crippen molar-refractivity contribution in [3.05, 3.63) is 24.3 Å².